The molecule has 2 rings (SSSR count). The highest BCUT2D eigenvalue weighted by molar-refractivity contribution is 8.14. The molecule has 1 aromatic carbocycles. The summed E-state index contributed by atoms with van der Waals surface area (Å²) in [7, 11) is 0. The number of benzene rings is 1. The maximum Gasteiger partial charge on any atom is 0.157 e. The first-order valence-electron chi connectivity index (χ1n) is 6.14. The van der Waals surface area contributed by atoms with E-state index in [0.29, 0.717) is 23.4 Å². The molecule has 1 aromatic rings. The van der Waals surface area contributed by atoms with Crippen LogP contribution in [0.4, 0.5) is 0 Å². The molecule has 1 N–H and O–H groups in total. The number of nitrogens with one attached hydrogen (secondary N) is 1. The van der Waals surface area contributed by atoms with E-state index < -0.39 is 0 Å². The fourth-order valence-corrected chi connectivity index (χ4v) is 3.15. The van der Waals surface area contributed by atoms with Gasteiger partial charge in [0.05, 0.1) is 18.2 Å². The first-order chi connectivity index (χ1) is 8.67. The summed E-state index contributed by atoms with van der Waals surface area (Å²) in [5.41, 5.74) is 1.83. The smallest absolute Gasteiger partial charge is 0.157 e. The van der Waals surface area contributed by atoms with Crippen LogP contribution in [0.2, 0.25) is 0 Å². The SMILES string of the molecule is CC1CC(C)SC(=NCc2ccc(C#N)cc2)N1. The van der Waals surface area contributed by atoms with Gasteiger partial charge in [-0.3, -0.25) is 4.99 Å². The van der Waals surface area contributed by atoms with Crippen LogP contribution in [0, 0.1) is 11.3 Å². The quantitative estimate of drug-likeness (QED) is 0.888. The van der Waals surface area contributed by atoms with E-state index in [1.54, 1.807) is 11.8 Å². The Hall–Kier alpha value is -1.47. The van der Waals surface area contributed by atoms with Gasteiger partial charge in [-0.1, -0.05) is 30.8 Å². The Bertz CT molecular complexity index is 461. The van der Waals surface area contributed by atoms with Crippen LogP contribution in [0.1, 0.15) is 31.4 Å². The molecule has 18 heavy (non-hydrogen) atoms. The van der Waals surface area contributed by atoms with Crippen molar-refractivity contribution in [2.24, 2.45) is 4.99 Å². The van der Waals surface area contributed by atoms with E-state index in [1.165, 1.54) is 6.42 Å². The summed E-state index contributed by atoms with van der Waals surface area (Å²) < 4.78 is 0. The van der Waals surface area contributed by atoms with E-state index in [2.05, 4.69) is 30.2 Å². The van der Waals surface area contributed by atoms with E-state index in [4.69, 9.17) is 5.26 Å². The highest BCUT2D eigenvalue weighted by Crippen LogP contribution is 2.22. The molecule has 94 valence electrons. The van der Waals surface area contributed by atoms with Crippen LogP contribution in [-0.4, -0.2) is 16.5 Å². The average molecular weight is 259 g/mol. The van der Waals surface area contributed by atoms with Crippen molar-refractivity contribution in [3.8, 4) is 6.07 Å². The van der Waals surface area contributed by atoms with Gasteiger partial charge < -0.3 is 5.32 Å². The summed E-state index contributed by atoms with van der Waals surface area (Å²) in [5.74, 6) is 0. The lowest BCUT2D eigenvalue weighted by Gasteiger charge is -2.26. The molecule has 0 saturated carbocycles. The number of amidine groups is 1. The standard InChI is InChI=1S/C14H17N3S/c1-10-7-11(2)18-14(17-10)16-9-13-5-3-12(8-15)4-6-13/h3-6,10-11H,7,9H2,1-2H3,(H,16,17). The van der Waals surface area contributed by atoms with Crippen LogP contribution in [0.5, 0.6) is 0 Å². The second-order valence-electron chi connectivity index (χ2n) is 4.64. The molecule has 1 heterocycles. The number of aliphatic imine (C=N–C) groups is 1. The van der Waals surface area contributed by atoms with Crippen molar-refractivity contribution >= 4 is 16.9 Å². The third kappa shape index (κ3) is 3.51. The lowest BCUT2D eigenvalue weighted by atomic mass is 10.1. The van der Waals surface area contributed by atoms with E-state index in [1.807, 2.05) is 24.3 Å². The normalized spacial score (nSPS) is 25.5. The molecular weight excluding hydrogens is 242 g/mol. The van der Waals surface area contributed by atoms with Crippen molar-refractivity contribution in [1.29, 1.82) is 5.26 Å². The third-order valence-electron chi connectivity index (χ3n) is 2.86. The summed E-state index contributed by atoms with van der Waals surface area (Å²) >= 11 is 1.80. The maximum atomic E-state index is 8.73. The van der Waals surface area contributed by atoms with Crippen LogP contribution < -0.4 is 5.32 Å². The Morgan fingerprint density at radius 1 is 1.39 bits per heavy atom. The topological polar surface area (TPSA) is 48.2 Å². The van der Waals surface area contributed by atoms with Gasteiger partial charge >= 0.3 is 0 Å². The first kappa shape index (κ1) is 13.0. The predicted octanol–water partition coefficient (Wildman–Crippen LogP) is 2.92. The molecule has 3 nitrogen and oxygen atoms in total. The highest BCUT2D eigenvalue weighted by atomic mass is 32.2. The molecule has 4 heteroatoms. The lowest BCUT2D eigenvalue weighted by molar-refractivity contribution is 0.597. The van der Waals surface area contributed by atoms with Gasteiger partial charge in [0.25, 0.3) is 0 Å². The predicted molar refractivity (Wildman–Crippen MR) is 76.6 cm³/mol. The second kappa shape index (κ2) is 5.92. The monoisotopic (exact) mass is 259 g/mol. The minimum Gasteiger partial charge on any atom is -0.362 e. The van der Waals surface area contributed by atoms with Crippen molar-refractivity contribution in [3.63, 3.8) is 0 Å². The number of hydrogen-bond donors (Lipinski definition) is 1. The maximum absolute atomic E-state index is 8.73. The number of rotatable bonds is 2. The van der Waals surface area contributed by atoms with Gasteiger partial charge in [0.15, 0.2) is 5.17 Å². The van der Waals surface area contributed by atoms with Crippen molar-refractivity contribution in [2.45, 2.75) is 38.1 Å². The van der Waals surface area contributed by atoms with Crippen LogP contribution in [0.15, 0.2) is 29.3 Å². The molecule has 2 atom stereocenters. The summed E-state index contributed by atoms with van der Waals surface area (Å²) in [6.45, 7) is 5.09. The van der Waals surface area contributed by atoms with Crippen molar-refractivity contribution < 1.29 is 0 Å². The van der Waals surface area contributed by atoms with E-state index in [-0.39, 0.29) is 0 Å². The summed E-state index contributed by atoms with van der Waals surface area (Å²) in [6, 6.07) is 10.2. The molecule has 0 aromatic heterocycles. The molecule has 1 aliphatic rings. The molecule has 0 bridgehead atoms. The molecule has 0 aliphatic carbocycles. The molecule has 2 unspecified atom stereocenters. The summed E-state index contributed by atoms with van der Waals surface area (Å²) in [6.07, 6.45) is 1.18. The van der Waals surface area contributed by atoms with E-state index >= 15 is 0 Å². The van der Waals surface area contributed by atoms with Gasteiger partial charge in [-0.25, -0.2) is 0 Å². The van der Waals surface area contributed by atoms with Crippen LogP contribution >= 0.6 is 11.8 Å². The Balaban J connectivity index is 1.99. The fraction of sp³-hybridized carbons (Fsp3) is 0.429. The molecule has 1 fully saturated rings. The third-order valence-corrected chi connectivity index (χ3v) is 3.92. The van der Waals surface area contributed by atoms with Crippen molar-refractivity contribution in [3.05, 3.63) is 35.4 Å². The van der Waals surface area contributed by atoms with Crippen molar-refractivity contribution in [2.75, 3.05) is 0 Å². The minimum atomic E-state index is 0.501. The second-order valence-corrected chi connectivity index (χ2v) is 6.07. The zero-order chi connectivity index (χ0) is 13.0. The first-order valence-corrected chi connectivity index (χ1v) is 7.02. The van der Waals surface area contributed by atoms with Gasteiger partial charge in [-0.2, -0.15) is 5.26 Å². The van der Waals surface area contributed by atoms with Crippen LogP contribution in [-0.2, 0) is 6.54 Å². The van der Waals surface area contributed by atoms with Crippen LogP contribution in [0.25, 0.3) is 0 Å². The van der Waals surface area contributed by atoms with E-state index in [9.17, 15) is 0 Å². The lowest BCUT2D eigenvalue weighted by Crippen LogP contribution is -2.38. The zero-order valence-corrected chi connectivity index (χ0v) is 11.5. The molecule has 1 saturated heterocycles. The molecule has 0 radical (unpaired) electrons. The Kier molecular flexibility index (Phi) is 4.27. The minimum absolute atomic E-state index is 0.501. The van der Waals surface area contributed by atoms with E-state index in [0.717, 1.165) is 10.7 Å². The molecule has 0 spiro atoms. The summed E-state index contributed by atoms with van der Waals surface area (Å²) in [4.78, 5) is 4.60. The number of nitriles is 1. The summed E-state index contributed by atoms with van der Waals surface area (Å²) in [5, 5.41) is 13.8. The number of hydrogen-bond acceptors (Lipinski definition) is 3. The zero-order valence-electron chi connectivity index (χ0n) is 10.7. The Morgan fingerprint density at radius 3 is 2.72 bits per heavy atom. The fourth-order valence-electron chi connectivity index (χ4n) is 1.97. The Labute approximate surface area is 112 Å². The largest absolute Gasteiger partial charge is 0.362 e. The number of thioether (sulfide) groups is 1. The molecular formula is C14H17N3S. The molecule has 1 aliphatic heterocycles. The molecule has 0 amide bonds. The average Bonchev–Trinajstić information content (AvgIpc) is 2.36. The Morgan fingerprint density at radius 2 is 2.11 bits per heavy atom. The van der Waals surface area contributed by atoms with Gasteiger partial charge in [0.1, 0.15) is 0 Å². The van der Waals surface area contributed by atoms with Gasteiger partial charge in [0, 0.05) is 11.3 Å². The van der Waals surface area contributed by atoms with Gasteiger partial charge in [-0.15, -0.1) is 0 Å². The number of nitrogens with zero attached hydrogens (tertiary/aromatic N) is 2. The van der Waals surface area contributed by atoms with Crippen molar-refractivity contribution in [1.82, 2.24) is 5.32 Å². The van der Waals surface area contributed by atoms with Gasteiger partial charge in [-0.05, 0) is 31.0 Å². The van der Waals surface area contributed by atoms with Gasteiger partial charge in [0.2, 0.25) is 0 Å². The highest BCUT2D eigenvalue weighted by Gasteiger charge is 2.19. The van der Waals surface area contributed by atoms with Crippen LogP contribution in [0.3, 0.4) is 0 Å².